The average Bonchev–Trinajstić information content (AvgIpc) is 2.72. The van der Waals surface area contributed by atoms with Crippen molar-refractivity contribution in [3.05, 3.63) is 65.2 Å². The lowest BCUT2D eigenvalue weighted by molar-refractivity contribution is -0.118. The first-order valence-electron chi connectivity index (χ1n) is 11.0. The third-order valence-corrected chi connectivity index (χ3v) is 5.37. The van der Waals surface area contributed by atoms with Gasteiger partial charge in [0.05, 0.1) is 0 Å². The summed E-state index contributed by atoms with van der Waals surface area (Å²) in [6.07, 6.45) is 3.00. The molecule has 0 saturated carbocycles. The number of nitrogens with one attached hydrogen (secondary N) is 2. The Hall–Kier alpha value is -2.57. The van der Waals surface area contributed by atoms with Crippen LogP contribution in [0.1, 0.15) is 61.5 Å². The highest BCUT2D eigenvalue weighted by Gasteiger charge is 2.15. The number of nitrogens with zero attached hydrogens (tertiary/aromatic N) is 1. The molecule has 32 heavy (non-hydrogen) atoms. The van der Waals surface area contributed by atoms with Crippen molar-refractivity contribution in [3.63, 3.8) is 0 Å². The lowest BCUT2D eigenvalue weighted by atomic mass is 9.87. The van der Waals surface area contributed by atoms with Crippen molar-refractivity contribution in [3.8, 4) is 0 Å². The quantitative estimate of drug-likeness (QED) is 0.415. The number of thiocarbonyl (C=S) groups is 1. The van der Waals surface area contributed by atoms with E-state index in [-0.39, 0.29) is 22.2 Å². The predicted molar refractivity (Wildman–Crippen MR) is 136 cm³/mol. The molecule has 2 rings (SSSR count). The summed E-state index contributed by atoms with van der Waals surface area (Å²) in [5, 5.41) is 5.97. The lowest BCUT2D eigenvalue weighted by Crippen LogP contribution is -2.34. The number of rotatable bonds is 9. The van der Waals surface area contributed by atoms with E-state index in [2.05, 4.69) is 36.3 Å². The van der Waals surface area contributed by atoms with Gasteiger partial charge in [-0.25, -0.2) is 0 Å². The maximum absolute atomic E-state index is 12.4. The van der Waals surface area contributed by atoms with Crippen LogP contribution >= 0.6 is 12.2 Å². The van der Waals surface area contributed by atoms with E-state index in [0.717, 1.165) is 30.6 Å². The maximum atomic E-state index is 12.4. The van der Waals surface area contributed by atoms with Gasteiger partial charge in [0, 0.05) is 24.1 Å². The molecule has 0 aliphatic carbocycles. The van der Waals surface area contributed by atoms with Gasteiger partial charge in [-0.1, -0.05) is 45.0 Å². The van der Waals surface area contributed by atoms with Gasteiger partial charge < -0.3 is 10.2 Å². The van der Waals surface area contributed by atoms with Crippen molar-refractivity contribution in [1.82, 2.24) is 10.2 Å². The number of benzene rings is 2. The van der Waals surface area contributed by atoms with Gasteiger partial charge in [-0.05, 0) is 86.5 Å². The van der Waals surface area contributed by atoms with Crippen molar-refractivity contribution in [2.45, 2.75) is 51.9 Å². The van der Waals surface area contributed by atoms with E-state index in [0.29, 0.717) is 18.4 Å². The van der Waals surface area contributed by atoms with Crippen LogP contribution in [0.2, 0.25) is 0 Å². The molecule has 5 nitrogen and oxygen atoms in total. The van der Waals surface area contributed by atoms with E-state index in [1.54, 1.807) is 0 Å². The molecule has 0 spiro atoms. The largest absolute Gasteiger partial charge is 0.332 e. The molecule has 0 bridgehead atoms. The molecule has 0 heterocycles. The average molecular weight is 454 g/mol. The van der Waals surface area contributed by atoms with Gasteiger partial charge in [0.25, 0.3) is 5.91 Å². The summed E-state index contributed by atoms with van der Waals surface area (Å²) in [5.74, 6) is 0.00386. The molecule has 6 heteroatoms. The van der Waals surface area contributed by atoms with E-state index >= 15 is 0 Å². The minimum atomic E-state index is -0.251. The van der Waals surface area contributed by atoms with Crippen LogP contribution in [0.5, 0.6) is 0 Å². The molecule has 2 N–H and O–H groups in total. The highest BCUT2D eigenvalue weighted by Crippen LogP contribution is 2.22. The van der Waals surface area contributed by atoms with E-state index in [4.69, 9.17) is 12.2 Å². The standard InChI is InChI=1S/C26H35N3O2S/c1-26(2,3)21-13-11-20(12-14-21)24(31)28-25(32)27-22-15-9-19(10-16-22)18-23(30)8-6-7-17-29(4)5/h9-16H,6-8,17-18H2,1-5H3,(H2,27,28,31,32). The molecule has 0 atom stereocenters. The van der Waals surface area contributed by atoms with Crippen molar-refractivity contribution >= 4 is 34.7 Å². The van der Waals surface area contributed by atoms with Crippen LogP contribution in [-0.4, -0.2) is 42.3 Å². The van der Waals surface area contributed by atoms with Crippen LogP contribution in [0.4, 0.5) is 5.69 Å². The van der Waals surface area contributed by atoms with Crippen molar-refractivity contribution in [2.24, 2.45) is 0 Å². The summed E-state index contributed by atoms with van der Waals surface area (Å²) in [6.45, 7) is 7.41. The molecular formula is C26H35N3O2S. The molecule has 0 aliphatic heterocycles. The molecule has 1 amide bonds. The fourth-order valence-electron chi connectivity index (χ4n) is 3.23. The molecule has 0 unspecified atom stereocenters. The second-order valence-electron chi connectivity index (χ2n) is 9.41. The molecule has 0 aromatic heterocycles. The van der Waals surface area contributed by atoms with Crippen molar-refractivity contribution in [1.29, 1.82) is 0 Å². The highest BCUT2D eigenvalue weighted by molar-refractivity contribution is 7.80. The number of hydrogen-bond donors (Lipinski definition) is 2. The normalized spacial score (nSPS) is 11.3. The van der Waals surface area contributed by atoms with Crippen LogP contribution in [0.15, 0.2) is 48.5 Å². The number of hydrogen-bond acceptors (Lipinski definition) is 4. The highest BCUT2D eigenvalue weighted by atomic mass is 32.1. The number of carbonyl (C=O) groups excluding carboxylic acids is 2. The molecule has 0 aliphatic rings. The summed E-state index contributed by atoms with van der Waals surface area (Å²) in [7, 11) is 4.08. The number of carbonyl (C=O) groups is 2. The van der Waals surface area contributed by atoms with Gasteiger partial charge in [0.2, 0.25) is 0 Å². The third-order valence-electron chi connectivity index (χ3n) is 5.16. The zero-order chi connectivity index (χ0) is 23.7. The predicted octanol–water partition coefficient (Wildman–Crippen LogP) is 4.95. The van der Waals surface area contributed by atoms with Crippen LogP contribution < -0.4 is 10.6 Å². The Labute approximate surface area is 197 Å². The van der Waals surface area contributed by atoms with E-state index in [1.807, 2.05) is 62.6 Å². The van der Waals surface area contributed by atoms with Crippen molar-refractivity contribution in [2.75, 3.05) is 26.0 Å². The first kappa shape index (κ1) is 25.7. The molecule has 0 saturated heterocycles. The number of ketones is 1. The SMILES string of the molecule is CN(C)CCCCC(=O)Cc1ccc(NC(=S)NC(=O)c2ccc(C(C)(C)C)cc2)cc1. The fraction of sp³-hybridized carbons (Fsp3) is 0.423. The number of anilines is 1. The van der Waals surface area contributed by atoms with Crippen LogP contribution in [0, 0.1) is 0 Å². The first-order chi connectivity index (χ1) is 15.0. The molecule has 2 aromatic rings. The van der Waals surface area contributed by atoms with Gasteiger partial charge in [0.15, 0.2) is 5.11 Å². The zero-order valence-electron chi connectivity index (χ0n) is 19.8. The van der Waals surface area contributed by atoms with Crippen LogP contribution in [0.3, 0.4) is 0 Å². The summed E-state index contributed by atoms with van der Waals surface area (Å²) in [4.78, 5) is 26.7. The zero-order valence-corrected chi connectivity index (χ0v) is 20.6. The minimum absolute atomic E-state index is 0.0364. The summed E-state index contributed by atoms with van der Waals surface area (Å²) < 4.78 is 0. The van der Waals surface area contributed by atoms with Gasteiger partial charge in [-0.2, -0.15) is 0 Å². The Morgan fingerprint density at radius 2 is 1.56 bits per heavy atom. The Morgan fingerprint density at radius 3 is 2.12 bits per heavy atom. The number of amides is 1. The molecular weight excluding hydrogens is 418 g/mol. The Balaban J connectivity index is 1.81. The summed E-state index contributed by atoms with van der Waals surface area (Å²) in [6, 6.07) is 15.1. The summed E-state index contributed by atoms with van der Waals surface area (Å²) in [5.41, 5.74) is 3.50. The van der Waals surface area contributed by atoms with Gasteiger partial charge in [-0.3, -0.25) is 14.9 Å². The molecule has 172 valence electrons. The van der Waals surface area contributed by atoms with E-state index in [1.165, 1.54) is 5.56 Å². The minimum Gasteiger partial charge on any atom is -0.332 e. The monoisotopic (exact) mass is 453 g/mol. The second-order valence-corrected chi connectivity index (χ2v) is 9.82. The lowest BCUT2D eigenvalue weighted by Gasteiger charge is -2.19. The third kappa shape index (κ3) is 8.89. The second kappa shape index (κ2) is 11.9. The topological polar surface area (TPSA) is 61.4 Å². The van der Waals surface area contributed by atoms with Crippen molar-refractivity contribution < 1.29 is 9.59 Å². The van der Waals surface area contributed by atoms with E-state index in [9.17, 15) is 9.59 Å². The van der Waals surface area contributed by atoms with Gasteiger partial charge in [0.1, 0.15) is 5.78 Å². The molecule has 0 fully saturated rings. The Morgan fingerprint density at radius 1 is 0.938 bits per heavy atom. The first-order valence-corrected chi connectivity index (χ1v) is 11.4. The van der Waals surface area contributed by atoms with Crippen LogP contribution in [-0.2, 0) is 16.6 Å². The smallest absolute Gasteiger partial charge is 0.257 e. The number of Topliss-reactive ketones (excluding diaryl/α,β-unsaturated/α-hetero) is 1. The fourth-order valence-corrected chi connectivity index (χ4v) is 3.44. The van der Waals surface area contributed by atoms with E-state index < -0.39 is 0 Å². The summed E-state index contributed by atoms with van der Waals surface area (Å²) >= 11 is 5.28. The van der Waals surface area contributed by atoms with Crippen LogP contribution in [0.25, 0.3) is 0 Å². The molecule has 0 radical (unpaired) electrons. The Bertz CT molecular complexity index is 914. The van der Waals surface area contributed by atoms with Gasteiger partial charge >= 0.3 is 0 Å². The molecule has 2 aromatic carbocycles. The number of unbranched alkanes of at least 4 members (excludes halogenated alkanes) is 1. The van der Waals surface area contributed by atoms with Gasteiger partial charge in [-0.15, -0.1) is 0 Å². The Kier molecular flexibility index (Phi) is 9.54. The maximum Gasteiger partial charge on any atom is 0.257 e.